The fraction of sp³-hybridized carbons (Fsp3) is 0.429. The first-order chi connectivity index (χ1) is 18.5. The van der Waals surface area contributed by atoms with Gasteiger partial charge in [0.2, 0.25) is 0 Å². The molecule has 0 aromatic heterocycles. The van der Waals surface area contributed by atoms with E-state index in [1.54, 1.807) is 47.8 Å². The van der Waals surface area contributed by atoms with Crippen molar-refractivity contribution >= 4 is 47.0 Å². The van der Waals surface area contributed by atoms with Gasteiger partial charge in [-0.2, -0.15) is 11.8 Å². The van der Waals surface area contributed by atoms with Gasteiger partial charge in [0.05, 0.1) is 23.6 Å². The number of esters is 1. The molecule has 0 spiro atoms. The van der Waals surface area contributed by atoms with Crippen molar-refractivity contribution in [3.63, 3.8) is 0 Å². The molecule has 8 nitrogen and oxygen atoms in total. The molecule has 2 aliphatic heterocycles. The van der Waals surface area contributed by atoms with Crippen LogP contribution in [-0.4, -0.2) is 69.4 Å². The molecular weight excluding hydrogens is 522 g/mol. The highest BCUT2D eigenvalue weighted by Gasteiger charge is 2.66. The second-order valence-corrected chi connectivity index (χ2v) is 12.3. The summed E-state index contributed by atoms with van der Waals surface area (Å²) in [6.45, 7) is 0. The van der Waals surface area contributed by atoms with Crippen LogP contribution in [0.1, 0.15) is 40.0 Å². The van der Waals surface area contributed by atoms with Gasteiger partial charge in [0.1, 0.15) is 0 Å². The van der Waals surface area contributed by atoms with Gasteiger partial charge in [-0.05, 0) is 43.0 Å². The predicted octanol–water partition coefficient (Wildman–Crippen LogP) is 3.60. The molecule has 0 unspecified atom stereocenters. The number of fused-ring (bicyclic) bond motifs is 4. The third kappa shape index (κ3) is 4.91. The number of oxime groups is 1. The summed E-state index contributed by atoms with van der Waals surface area (Å²) in [6.07, 6.45) is 1.73. The van der Waals surface area contributed by atoms with Crippen molar-refractivity contribution < 1.29 is 24.3 Å². The number of hydrogen-bond donors (Lipinski definition) is 3. The Balaban J connectivity index is 1.47. The summed E-state index contributed by atoms with van der Waals surface area (Å²) < 4.78 is 4.83. The molecule has 1 aliphatic carbocycles. The molecule has 38 heavy (non-hydrogen) atoms. The molecule has 2 amide bonds. The molecule has 2 saturated heterocycles. The zero-order valence-corrected chi connectivity index (χ0v) is 22.7. The van der Waals surface area contributed by atoms with Crippen molar-refractivity contribution in [2.75, 3.05) is 18.6 Å². The molecule has 10 heteroatoms. The van der Waals surface area contributed by atoms with Gasteiger partial charge in [-0.1, -0.05) is 41.6 Å². The molecule has 2 aromatic rings. The second kappa shape index (κ2) is 11.4. The average molecular weight is 554 g/mol. The first-order valence-corrected chi connectivity index (χ1v) is 14.8. The number of amides is 2. The van der Waals surface area contributed by atoms with Crippen LogP contribution in [-0.2, 0) is 9.53 Å². The highest BCUT2D eigenvalue weighted by Crippen LogP contribution is 2.57. The van der Waals surface area contributed by atoms with Crippen molar-refractivity contribution in [2.24, 2.45) is 17.0 Å². The minimum Gasteiger partial charge on any atom is -0.469 e. The molecule has 3 N–H and O–H groups in total. The minimum atomic E-state index is -0.904. The fourth-order valence-electron chi connectivity index (χ4n) is 6.12. The van der Waals surface area contributed by atoms with Crippen LogP contribution in [0.3, 0.4) is 0 Å². The van der Waals surface area contributed by atoms with Crippen LogP contribution in [0.5, 0.6) is 0 Å². The van der Waals surface area contributed by atoms with Crippen LogP contribution in [0.4, 0.5) is 0 Å². The smallest absolute Gasteiger partial charge is 0.305 e. The zero-order chi connectivity index (χ0) is 26.7. The Morgan fingerprint density at radius 2 is 1.68 bits per heavy atom. The van der Waals surface area contributed by atoms with Gasteiger partial charge in [-0.25, -0.2) is 0 Å². The second-order valence-electron chi connectivity index (χ2n) is 9.91. The van der Waals surface area contributed by atoms with Crippen molar-refractivity contribution in [3.05, 3.63) is 71.8 Å². The molecule has 1 saturated carbocycles. The van der Waals surface area contributed by atoms with Gasteiger partial charge in [0, 0.05) is 46.3 Å². The Kier molecular flexibility index (Phi) is 7.99. The predicted molar refractivity (Wildman–Crippen MR) is 149 cm³/mol. The summed E-state index contributed by atoms with van der Waals surface area (Å²) >= 11 is 3.47. The van der Waals surface area contributed by atoms with E-state index >= 15 is 0 Å². The molecule has 2 heterocycles. The van der Waals surface area contributed by atoms with E-state index < -0.39 is 5.54 Å². The topological polar surface area (TPSA) is 117 Å². The van der Waals surface area contributed by atoms with Gasteiger partial charge in [-0.15, -0.1) is 11.8 Å². The van der Waals surface area contributed by atoms with E-state index in [4.69, 9.17) is 4.74 Å². The maximum absolute atomic E-state index is 13.5. The van der Waals surface area contributed by atoms with Crippen molar-refractivity contribution in [3.8, 4) is 0 Å². The van der Waals surface area contributed by atoms with Crippen LogP contribution in [0.25, 0.3) is 0 Å². The van der Waals surface area contributed by atoms with Gasteiger partial charge in [-0.3, -0.25) is 14.4 Å². The lowest BCUT2D eigenvalue weighted by Gasteiger charge is -2.48. The number of thioether (sulfide) groups is 2. The van der Waals surface area contributed by atoms with Crippen LogP contribution >= 0.6 is 23.5 Å². The van der Waals surface area contributed by atoms with Gasteiger partial charge >= 0.3 is 5.97 Å². The molecule has 200 valence electrons. The molecular formula is C28H31N3O5S2. The normalized spacial score (nSPS) is 30.4. The molecule has 6 atom stereocenters. The van der Waals surface area contributed by atoms with Crippen LogP contribution in [0.2, 0.25) is 0 Å². The monoisotopic (exact) mass is 553 g/mol. The number of carbonyl (C=O) groups excluding carboxylic acids is 3. The largest absolute Gasteiger partial charge is 0.469 e. The van der Waals surface area contributed by atoms with Crippen LogP contribution in [0, 0.1) is 11.8 Å². The number of methoxy groups -OCH3 is 1. The lowest BCUT2D eigenvalue weighted by molar-refractivity contribution is -0.140. The maximum Gasteiger partial charge on any atom is 0.305 e. The molecule has 0 radical (unpaired) electrons. The van der Waals surface area contributed by atoms with E-state index in [1.165, 1.54) is 7.11 Å². The number of ether oxygens (including phenoxy) is 1. The van der Waals surface area contributed by atoms with Crippen molar-refractivity contribution in [2.45, 2.75) is 41.3 Å². The molecule has 5 rings (SSSR count). The highest BCUT2D eigenvalue weighted by molar-refractivity contribution is 8.02. The Morgan fingerprint density at radius 3 is 2.32 bits per heavy atom. The van der Waals surface area contributed by atoms with Crippen molar-refractivity contribution in [1.29, 1.82) is 0 Å². The van der Waals surface area contributed by atoms with Gasteiger partial charge in [0.15, 0.2) is 0 Å². The van der Waals surface area contributed by atoms with E-state index in [1.807, 2.05) is 36.4 Å². The molecule has 3 fully saturated rings. The summed E-state index contributed by atoms with van der Waals surface area (Å²) in [7, 11) is 1.39. The van der Waals surface area contributed by atoms with E-state index in [2.05, 4.69) is 15.8 Å². The summed E-state index contributed by atoms with van der Waals surface area (Å²) in [6, 6.07) is 17.8. The number of benzene rings is 2. The quantitative estimate of drug-likeness (QED) is 0.260. The van der Waals surface area contributed by atoms with Gasteiger partial charge < -0.3 is 20.6 Å². The SMILES string of the molecule is COC(=O)CCC[C@@H]1[C@@H]2SC[C@@H](NC(=O)c3ccccc3)[C@H]2[C@]2(NC(=O)c3ccccc3)CS[C@@H]1/C2=N/O. The molecule has 2 aromatic carbocycles. The summed E-state index contributed by atoms with van der Waals surface area (Å²) in [5, 5.41) is 20.6. The third-order valence-corrected chi connectivity index (χ3v) is 11.0. The first kappa shape index (κ1) is 26.6. The van der Waals surface area contributed by atoms with Crippen molar-refractivity contribution in [1.82, 2.24) is 10.6 Å². The van der Waals surface area contributed by atoms with E-state index in [0.717, 1.165) is 6.42 Å². The number of hydrogen-bond acceptors (Lipinski definition) is 8. The summed E-state index contributed by atoms with van der Waals surface area (Å²) in [5.41, 5.74) is 0.750. The number of nitrogens with zero attached hydrogens (tertiary/aromatic N) is 1. The standard InChI is InChI=1S/C28H31N3O5S2/c1-36-21(32)14-8-13-19-23-22(20(15-37-23)29-26(33)17-9-4-2-5-10-17)28(16-38-24(19)25(28)31-35)30-27(34)18-11-6-3-7-12-18/h2-7,9-12,19-20,22-24,35H,8,13-16H2,1H3,(H,29,33)(H,30,34)/b31-25-/t19-,20-,22-,23+,24+,28-/m1/s1. The summed E-state index contributed by atoms with van der Waals surface area (Å²) in [4.78, 5) is 38.4. The van der Waals surface area contributed by atoms with Crippen LogP contribution < -0.4 is 10.6 Å². The fourth-order valence-corrected chi connectivity index (χ4v) is 9.94. The Bertz CT molecular complexity index is 1210. The average Bonchev–Trinajstić information content (AvgIpc) is 3.50. The number of rotatable bonds is 8. The Hall–Kier alpha value is -2.98. The molecule has 3 aliphatic rings. The maximum atomic E-state index is 13.5. The molecule has 2 bridgehead atoms. The van der Waals surface area contributed by atoms with E-state index in [0.29, 0.717) is 41.2 Å². The number of nitrogens with one attached hydrogen (secondary N) is 2. The third-order valence-electron chi connectivity index (χ3n) is 7.83. The highest BCUT2D eigenvalue weighted by atomic mass is 32.2. The Labute approximate surface area is 230 Å². The van der Waals surface area contributed by atoms with E-state index in [9.17, 15) is 19.6 Å². The first-order valence-electron chi connectivity index (χ1n) is 12.7. The lowest BCUT2D eigenvalue weighted by atomic mass is 9.64. The lowest BCUT2D eigenvalue weighted by Crippen LogP contribution is -2.69. The number of carbonyl (C=O) groups is 3. The zero-order valence-electron chi connectivity index (χ0n) is 21.0. The Morgan fingerprint density at radius 1 is 1.03 bits per heavy atom. The summed E-state index contributed by atoms with van der Waals surface area (Å²) in [5.74, 6) is 0.508. The van der Waals surface area contributed by atoms with E-state index in [-0.39, 0.29) is 46.2 Å². The van der Waals surface area contributed by atoms with Crippen LogP contribution in [0.15, 0.2) is 65.8 Å². The minimum absolute atomic E-state index is 0.0916. The van der Waals surface area contributed by atoms with Gasteiger partial charge in [0.25, 0.3) is 11.8 Å².